The fourth-order valence-corrected chi connectivity index (χ4v) is 2.95. The molecule has 1 saturated heterocycles. The Kier molecular flexibility index (Phi) is 4.23. The summed E-state index contributed by atoms with van der Waals surface area (Å²) in [5.41, 5.74) is 0. The van der Waals surface area contributed by atoms with Crippen LogP contribution in [0.3, 0.4) is 0 Å². The second kappa shape index (κ2) is 5.68. The van der Waals surface area contributed by atoms with Crippen LogP contribution in [0, 0.1) is 0 Å². The topological polar surface area (TPSA) is 51.0 Å². The summed E-state index contributed by atoms with van der Waals surface area (Å²) in [5.74, 6) is 2.88. The summed E-state index contributed by atoms with van der Waals surface area (Å²) >= 11 is 1.94. The van der Waals surface area contributed by atoms with Gasteiger partial charge in [-0.2, -0.15) is 16.7 Å². The van der Waals surface area contributed by atoms with Gasteiger partial charge in [0.25, 0.3) is 0 Å². The van der Waals surface area contributed by atoms with Crippen LogP contribution in [0.2, 0.25) is 0 Å². The Bertz CT molecular complexity index is 321. The van der Waals surface area contributed by atoms with Gasteiger partial charge < -0.3 is 9.84 Å². The van der Waals surface area contributed by atoms with Crippen molar-refractivity contribution in [1.82, 2.24) is 15.5 Å². The van der Waals surface area contributed by atoms with E-state index >= 15 is 0 Å². The van der Waals surface area contributed by atoms with Crippen LogP contribution in [0.25, 0.3) is 0 Å². The van der Waals surface area contributed by atoms with Crippen molar-refractivity contribution in [2.75, 3.05) is 12.3 Å². The van der Waals surface area contributed by atoms with E-state index in [2.05, 4.69) is 29.3 Å². The average molecular weight is 241 g/mol. The molecule has 1 fully saturated rings. The first kappa shape index (κ1) is 11.9. The molecule has 1 aromatic rings. The Morgan fingerprint density at radius 1 is 1.56 bits per heavy atom. The number of nitrogens with one attached hydrogen (secondary N) is 1. The van der Waals surface area contributed by atoms with Crippen molar-refractivity contribution >= 4 is 11.8 Å². The van der Waals surface area contributed by atoms with Crippen LogP contribution in [-0.2, 0) is 6.42 Å². The third kappa shape index (κ3) is 3.22. The number of hydrogen-bond acceptors (Lipinski definition) is 5. The van der Waals surface area contributed by atoms with Gasteiger partial charge in [0.1, 0.15) is 0 Å². The molecule has 0 aromatic carbocycles. The standard InChI is InChI=1S/C11H19N3OS/c1-8(2)12-6-5-10-13-11(14-15-10)9-4-3-7-16-9/h8-9,12H,3-7H2,1-2H3. The summed E-state index contributed by atoms with van der Waals surface area (Å²) in [6, 6.07) is 0.507. The van der Waals surface area contributed by atoms with Crippen molar-refractivity contribution in [3.8, 4) is 0 Å². The molecule has 2 heterocycles. The molecule has 16 heavy (non-hydrogen) atoms. The van der Waals surface area contributed by atoms with E-state index in [4.69, 9.17) is 4.52 Å². The second-order valence-corrected chi connectivity index (χ2v) is 5.72. The second-order valence-electron chi connectivity index (χ2n) is 4.41. The molecule has 0 saturated carbocycles. The molecule has 1 aliphatic heterocycles. The number of nitrogens with zero attached hydrogens (tertiary/aromatic N) is 2. The van der Waals surface area contributed by atoms with Gasteiger partial charge in [0.15, 0.2) is 5.82 Å². The van der Waals surface area contributed by atoms with E-state index in [-0.39, 0.29) is 0 Å². The molecule has 0 amide bonds. The van der Waals surface area contributed by atoms with Crippen molar-refractivity contribution in [1.29, 1.82) is 0 Å². The van der Waals surface area contributed by atoms with Gasteiger partial charge in [0.05, 0.1) is 5.25 Å². The highest BCUT2D eigenvalue weighted by atomic mass is 32.2. The zero-order valence-electron chi connectivity index (χ0n) is 9.90. The molecule has 1 N–H and O–H groups in total. The largest absolute Gasteiger partial charge is 0.339 e. The Balaban J connectivity index is 1.82. The van der Waals surface area contributed by atoms with Crippen molar-refractivity contribution in [3.63, 3.8) is 0 Å². The van der Waals surface area contributed by atoms with Crippen molar-refractivity contribution in [2.45, 2.75) is 44.4 Å². The summed E-state index contributed by atoms with van der Waals surface area (Å²) in [6.07, 6.45) is 3.28. The monoisotopic (exact) mass is 241 g/mol. The van der Waals surface area contributed by atoms with Gasteiger partial charge in [-0.05, 0) is 18.6 Å². The summed E-state index contributed by atoms with van der Waals surface area (Å²) in [5, 5.41) is 7.87. The number of thioether (sulfide) groups is 1. The van der Waals surface area contributed by atoms with Crippen molar-refractivity contribution in [3.05, 3.63) is 11.7 Å². The number of rotatable bonds is 5. The first-order valence-corrected chi connectivity index (χ1v) is 6.98. The van der Waals surface area contributed by atoms with E-state index in [1.807, 2.05) is 11.8 Å². The molecule has 0 spiro atoms. The minimum atomic E-state index is 0.468. The number of aromatic nitrogens is 2. The van der Waals surface area contributed by atoms with Crippen LogP contribution in [0.5, 0.6) is 0 Å². The van der Waals surface area contributed by atoms with Crippen molar-refractivity contribution in [2.24, 2.45) is 0 Å². The van der Waals surface area contributed by atoms with Crippen LogP contribution in [0.4, 0.5) is 0 Å². The number of hydrogen-bond donors (Lipinski definition) is 1. The quantitative estimate of drug-likeness (QED) is 0.856. The molecule has 1 unspecified atom stereocenters. The average Bonchev–Trinajstić information content (AvgIpc) is 2.85. The molecule has 1 aliphatic rings. The van der Waals surface area contributed by atoms with Gasteiger partial charge in [-0.25, -0.2) is 0 Å². The highest BCUT2D eigenvalue weighted by Gasteiger charge is 2.22. The van der Waals surface area contributed by atoms with Gasteiger partial charge >= 0.3 is 0 Å². The third-order valence-electron chi connectivity index (χ3n) is 2.59. The van der Waals surface area contributed by atoms with Gasteiger partial charge in [-0.15, -0.1) is 0 Å². The summed E-state index contributed by atoms with van der Waals surface area (Å²) in [6.45, 7) is 5.17. The van der Waals surface area contributed by atoms with Crippen LogP contribution in [-0.4, -0.2) is 28.5 Å². The van der Waals surface area contributed by atoms with E-state index in [9.17, 15) is 0 Å². The molecule has 2 rings (SSSR count). The highest BCUT2D eigenvalue weighted by molar-refractivity contribution is 7.99. The molecule has 1 atom stereocenters. The van der Waals surface area contributed by atoms with E-state index in [1.54, 1.807) is 0 Å². The maximum absolute atomic E-state index is 5.24. The van der Waals surface area contributed by atoms with Gasteiger partial charge in [0, 0.05) is 19.0 Å². The highest BCUT2D eigenvalue weighted by Crippen LogP contribution is 2.38. The summed E-state index contributed by atoms with van der Waals surface area (Å²) in [7, 11) is 0. The minimum Gasteiger partial charge on any atom is -0.339 e. The Morgan fingerprint density at radius 3 is 3.12 bits per heavy atom. The van der Waals surface area contributed by atoms with E-state index < -0.39 is 0 Å². The summed E-state index contributed by atoms with van der Waals surface area (Å²) < 4.78 is 5.24. The van der Waals surface area contributed by atoms with Crippen LogP contribution in [0.15, 0.2) is 4.52 Å². The maximum atomic E-state index is 5.24. The first-order valence-electron chi connectivity index (χ1n) is 5.93. The molecule has 5 heteroatoms. The smallest absolute Gasteiger partial charge is 0.227 e. The molecule has 0 bridgehead atoms. The molecular formula is C11H19N3OS. The lowest BCUT2D eigenvalue weighted by Crippen LogP contribution is -2.25. The predicted octanol–water partition coefficient (Wildman–Crippen LogP) is 2.18. The Labute approximate surface area is 101 Å². The Hall–Kier alpha value is -0.550. The molecule has 0 radical (unpaired) electrons. The van der Waals surface area contributed by atoms with E-state index in [1.165, 1.54) is 18.6 Å². The predicted molar refractivity (Wildman–Crippen MR) is 65.6 cm³/mol. The minimum absolute atomic E-state index is 0.468. The summed E-state index contributed by atoms with van der Waals surface area (Å²) in [4.78, 5) is 4.45. The molecule has 1 aromatic heterocycles. The maximum Gasteiger partial charge on any atom is 0.227 e. The van der Waals surface area contributed by atoms with E-state index in [0.29, 0.717) is 11.3 Å². The molecular weight excluding hydrogens is 222 g/mol. The fraction of sp³-hybridized carbons (Fsp3) is 0.818. The van der Waals surface area contributed by atoms with Gasteiger partial charge in [-0.3, -0.25) is 0 Å². The Morgan fingerprint density at radius 2 is 2.44 bits per heavy atom. The van der Waals surface area contributed by atoms with Crippen LogP contribution in [0.1, 0.15) is 43.7 Å². The van der Waals surface area contributed by atoms with Crippen LogP contribution < -0.4 is 5.32 Å². The zero-order chi connectivity index (χ0) is 11.4. The third-order valence-corrected chi connectivity index (χ3v) is 3.97. The SMILES string of the molecule is CC(C)NCCc1nc(C2CCCS2)no1. The molecule has 4 nitrogen and oxygen atoms in total. The van der Waals surface area contributed by atoms with Gasteiger partial charge in [-0.1, -0.05) is 19.0 Å². The lowest BCUT2D eigenvalue weighted by atomic mass is 10.2. The first-order chi connectivity index (χ1) is 7.75. The zero-order valence-corrected chi connectivity index (χ0v) is 10.7. The van der Waals surface area contributed by atoms with E-state index in [0.717, 1.165) is 24.7 Å². The molecule has 0 aliphatic carbocycles. The van der Waals surface area contributed by atoms with Gasteiger partial charge in [0.2, 0.25) is 5.89 Å². The van der Waals surface area contributed by atoms with Crippen molar-refractivity contribution < 1.29 is 4.52 Å². The fourth-order valence-electron chi connectivity index (χ4n) is 1.75. The lowest BCUT2D eigenvalue weighted by molar-refractivity contribution is 0.368. The lowest BCUT2D eigenvalue weighted by Gasteiger charge is -2.04. The van der Waals surface area contributed by atoms with Crippen LogP contribution >= 0.6 is 11.8 Å². The normalized spacial score (nSPS) is 20.8. The molecule has 90 valence electrons.